The van der Waals surface area contributed by atoms with E-state index in [1.807, 2.05) is 30.3 Å². The Morgan fingerprint density at radius 2 is 1.46 bits per heavy atom. The molecule has 0 fully saturated rings. The number of carbonyl (C=O) groups is 1. The number of phenolic OH excluding ortho intramolecular Hbond substituents is 1. The third-order valence-corrected chi connectivity index (χ3v) is 3.40. The molecule has 24 heavy (non-hydrogen) atoms. The van der Waals surface area contributed by atoms with Crippen molar-refractivity contribution in [2.75, 3.05) is 0 Å². The van der Waals surface area contributed by atoms with E-state index in [4.69, 9.17) is 0 Å². The number of pyridine rings is 1. The van der Waals surface area contributed by atoms with Gasteiger partial charge in [-0.05, 0) is 36.4 Å². The molecular weight excluding hydrogens is 302 g/mol. The van der Waals surface area contributed by atoms with Gasteiger partial charge < -0.3 is 5.11 Å². The number of amides is 1. The van der Waals surface area contributed by atoms with E-state index in [-0.39, 0.29) is 11.7 Å². The molecule has 2 N–H and O–H groups in total. The summed E-state index contributed by atoms with van der Waals surface area (Å²) in [5, 5.41) is 13.7. The Morgan fingerprint density at radius 1 is 0.833 bits per heavy atom. The molecule has 5 heteroatoms. The fourth-order valence-electron chi connectivity index (χ4n) is 2.19. The maximum atomic E-state index is 12.2. The molecule has 3 rings (SSSR count). The molecule has 1 amide bonds. The molecule has 0 saturated carbocycles. The van der Waals surface area contributed by atoms with Crippen LogP contribution in [0.1, 0.15) is 21.5 Å². The molecule has 0 spiro atoms. The summed E-state index contributed by atoms with van der Waals surface area (Å²) in [6, 6.07) is 19.4. The molecule has 0 aliphatic heterocycles. The fraction of sp³-hybridized carbons (Fsp3) is 0. The van der Waals surface area contributed by atoms with Gasteiger partial charge in [0.05, 0.1) is 5.71 Å². The summed E-state index contributed by atoms with van der Waals surface area (Å²) < 4.78 is 0. The van der Waals surface area contributed by atoms with Crippen molar-refractivity contribution in [1.82, 2.24) is 10.4 Å². The van der Waals surface area contributed by atoms with Crippen molar-refractivity contribution < 1.29 is 9.90 Å². The predicted octanol–water partition coefficient (Wildman–Crippen LogP) is 2.97. The second-order valence-electron chi connectivity index (χ2n) is 5.05. The van der Waals surface area contributed by atoms with E-state index >= 15 is 0 Å². The molecular formula is C19H15N3O2. The average molecular weight is 317 g/mol. The number of aromatic nitrogens is 1. The van der Waals surface area contributed by atoms with Gasteiger partial charge in [-0.3, -0.25) is 9.78 Å². The molecule has 0 saturated heterocycles. The van der Waals surface area contributed by atoms with Crippen molar-refractivity contribution >= 4 is 11.6 Å². The molecule has 0 atom stereocenters. The van der Waals surface area contributed by atoms with Crippen LogP contribution in [0, 0.1) is 0 Å². The Kier molecular flexibility index (Phi) is 4.62. The minimum Gasteiger partial charge on any atom is -0.508 e. The van der Waals surface area contributed by atoms with E-state index in [2.05, 4.69) is 15.5 Å². The molecule has 0 aliphatic rings. The Hall–Kier alpha value is -3.47. The van der Waals surface area contributed by atoms with Gasteiger partial charge in [0.15, 0.2) is 0 Å². The number of hydrogen-bond donors (Lipinski definition) is 2. The van der Waals surface area contributed by atoms with E-state index in [1.54, 1.807) is 48.8 Å². The SMILES string of the molecule is O=C(N/N=C(\c1ccccc1)c1ccc(O)cc1)c1ccncc1. The molecule has 3 aromatic rings. The van der Waals surface area contributed by atoms with Crippen LogP contribution in [0.2, 0.25) is 0 Å². The summed E-state index contributed by atoms with van der Waals surface area (Å²) in [4.78, 5) is 16.1. The number of carbonyl (C=O) groups excluding carboxylic acids is 1. The lowest BCUT2D eigenvalue weighted by molar-refractivity contribution is 0.0955. The topological polar surface area (TPSA) is 74.6 Å². The Bertz CT molecular complexity index is 845. The van der Waals surface area contributed by atoms with Crippen molar-refractivity contribution in [2.45, 2.75) is 0 Å². The summed E-state index contributed by atoms with van der Waals surface area (Å²) in [5.41, 5.74) is 5.30. The predicted molar refractivity (Wildman–Crippen MR) is 91.9 cm³/mol. The van der Waals surface area contributed by atoms with Crippen LogP contribution in [0.3, 0.4) is 0 Å². The van der Waals surface area contributed by atoms with Gasteiger partial charge in [0.2, 0.25) is 0 Å². The highest BCUT2D eigenvalue weighted by molar-refractivity contribution is 6.13. The van der Waals surface area contributed by atoms with Crippen LogP contribution in [0.5, 0.6) is 5.75 Å². The van der Waals surface area contributed by atoms with Crippen molar-refractivity contribution in [1.29, 1.82) is 0 Å². The number of nitrogens with one attached hydrogen (secondary N) is 1. The lowest BCUT2D eigenvalue weighted by atomic mass is 10.0. The van der Waals surface area contributed by atoms with Gasteiger partial charge in [-0.2, -0.15) is 5.10 Å². The van der Waals surface area contributed by atoms with Gasteiger partial charge >= 0.3 is 0 Å². The maximum Gasteiger partial charge on any atom is 0.271 e. The number of benzene rings is 2. The van der Waals surface area contributed by atoms with E-state index < -0.39 is 0 Å². The second-order valence-corrected chi connectivity index (χ2v) is 5.05. The standard InChI is InChI=1S/C19H15N3O2/c23-17-8-6-15(7-9-17)18(14-4-2-1-3-5-14)21-22-19(24)16-10-12-20-13-11-16/h1-13,23H,(H,22,24)/b21-18+. The van der Waals surface area contributed by atoms with E-state index in [1.165, 1.54) is 0 Å². The number of hydrogen-bond acceptors (Lipinski definition) is 4. The van der Waals surface area contributed by atoms with Gasteiger partial charge in [0, 0.05) is 29.1 Å². The first-order valence-corrected chi connectivity index (χ1v) is 7.37. The van der Waals surface area contributed by atoms with Crippen molar-refractivity contribution in [3.8, 4) is 5.75 Å². The van der Waals surface area contributed by atoms with Crippen molar-refractivity contribution in [3.63, 3.8) is 0 Å². The molecule has 0 aliphatic carbocycles. The number of phenols is 1. The summed E-state index contributed by atoms with van der Waals surface area (Å²) in [5.74, 6) is -0.142. The number of rotatable bonds is 4. The first kappa shape index (κ1) is 15.4. The number of aromatic hydroxyl groups is 1. The lowest BCUT2D eigenvalue weighted by Crippen LogP contribution is -2.20. The Morgan fingerprint density at radius 3 is 2.12 bits per heavy atom. The van der Waals surface area contributed by atoms with Crippen LogP contribution in [0.15, 0.2) is 84.2 Å². The highest BCUT2D eigenvalue weighted by Crippen LogP contribution is 2.15. The first-order valence-electron chi connectivity index (χ1n) is 7.37. The van der Waals surface area contributed by atoms with E-state index in [0.717, 1.165) is 11.1 Å². The van der Waals surface area contributed by atoms with Gasteiger partial charge in [-0.25, -0.2) is 5.43 Å². The summed E-state index contributed by atoms with van der Waals surface area (Å²) in [6.45, 7) is 0. The Balaban J connectivity index is 1.93. The highest BCUT2D eigenvalue weighted by Gasteiger charge is 2.09. The second kappa shape index (κ2) is 7.19. The van der Waals surface area contributed by atoms with Crippen molar-refractivity contribution in [3.05, 3.63) is 95.8 Å². The number of nitrogens with zero attached hydrogens (tertiary/aromatic N) is 2. The summed E-state index contributed by atoms with van der Waals surface area (Å²) >= 11 is 0. The molecule has 2 aromatic carbocycles. The third-order valence-electron chi connectivity index (χ3n) is 3.40. The quantitative estimate of drug-likeness (QED) is 0.574. The average Bonchev–Trinajstić information content (AvgIpc) is 2.65. The van der Waals surface area contributed by atoms with Crippen LogP contribution in [-0.2, 0) is 0 Å². The minimum absolute atomic E-state index is 0.173. The first-order chi connectivity index (χ1) is 11.7. The van der Waals surface area contributed by atoms with Crippen LogP contribution < -0.4 is 5.43 Å². The summed E-state index contributed by atoms with van der Waals surface area (Å²) in [6.07, 6.45) is 3.10. The molecule has 0 unspecified atom stereocenters. The van der Waals surface area contributed by atoms with Gasteiger partial charge in [-0.1, -0.05) is 30.3 Å². The highest BCUT2D eigenvalue weighted by atomic mass is 16.3. The largest absolute Gasteiger partial charge is 0.508 e. The lowest BCUT2D eigenvalue weighted by Gasteiger charge is -2.08. The Labute approximate surface area is 139 Å². The van der Waals surface area contributed by atoms with Gasteiger partial charge in [-0.15, -0.1) is 0 Å². The van der Waals surface area contributed by atoms with Crippen LogP contribution in [0.25, 0.3) is 0 Å². The molecule has 5 nitrogen and oxygen atoms in total. The minimum atomic E-state index is -0.315. The molecule has 0 bridgehead atoms. The van der Waals surface area contributed by atoms with Gasteiger partial charge in [0.1, 0.15) is 5.75 Å². The van der Waals surface area contributed by atoms with Gasteiger partial charge in [0.25, 0.3) is 5.91 Å². The van der Waals surface area contributed by atoms with E-state index in [0.29, 0.717) is 11.3 Å². The zero-order chi connectivity index (χ0) is 16.8. The zero-order valence-electron chi connectivity index (χ0n) is 12.8. The molecule has 1 aromatic heterocycles. The fourth-order valence-corrected chi connectivity index (χ4v) is 2.19. The van der Waals surface area contributed by atoms with Crippen molar-refractivity contribution in [2.24, 2.45) is 5.10 Å². The zero-order valence-corrected chi connectivity index (χ0v) is 12.8. The molecule has 1 heterocycles. The normalized spacial score (nSPS) is 11.1. The number of hydrazone groups is 1. The van der Waals surface area contributed by atoms with Crippen LogP contribution in [0.4, 0.5) is 0 Å². The smallest absolute Gasteiger partial charge is 0.271 e. The monoisotopic (exact) mass is 317 g/mol. The van der Waals surface area contributed by atoms with E-state index in [9.17, 15) is 9.90 Å². The van der Waals surface area contributed by atoms with Crippen LogP contribution in [-0.4, -0.2) is 21.7 Å². The maximum absolute atomic E-state index is 12.2. The van der Waals surface area contributed by atoms with Crippen LogP contribution >= 0.6 is 0 Å². The molecule has 118 valence electrons. The molecule has 0 radical (unpaired) electrons. The third kappa shape index (κ3) is 3.64. The summed E-state index contributed by atoms with van der Waals surface area (Å²) in [7, 11) is 0.